The minimum atomic E-state index is -3.35. The molecule has 2 aromatic carbocycles. The molecule has 0 bridgehead atoms. The minimum absolute atomic E-state index is 0.0322. The number of hydrogen-bond acceptors (Lipinski definition) is 5. The third-order valence-electron chi connectivity index (χ3n) is 5.60. The Morgan fingerprint density at radius 1 is 1.10 bits per heavy atom. The first-order valence-corrected chi connectivity index (χ1v) is 12.1. The molecule has 0 radical (unpaired) electrons. The molecule has 0 aromatic heterocycles. The van der Waals surface area contributed by atoms with Crippen molar-refractivity contribution in [1.29, 1.82) is 0 Å². The quantitative estimate of drug-likeness (QED) is 0.682. The molecule has 2 aromatic rings. The number of alkyl carbamates (subject to hydrolysis) is 1. The first kappa shape index (κ1) is 22.8. The fraction of sp³-hybridized carbons (Fsp3) is 0.391. The Morgan fingerprint density at radius 2 is 1.77 bits per heavy atom. The van der Waals surface area contributed by atoms with Crippen molar-refractivity contribution in [2.24, 2.45) is 5.92 Å². The van der Waals surface area contributed by atoms with E-state index in [1.54, 1.807) is 24.3 Å². The van der Waals surface area contributed by atoms with Gasteiger partial charge in [-0.05, 0) is 29.5 Å². The maximum Gasteiger partial charge on any atom is 0.408 e. The van der Waals surface area contributed by atoms with E-state index in [9.17, 15) is 18.0 Å². The summed E-state index contributed by atoms with van der Waals surface area (Å²) in [6.07, 6.45) is 0.291. The molecule has 1 aliphatic rings. The molecule has 0 saturated carbocycles. The summed E-state index contributed by atoms with van der Waals surface area (Å²) in [5.74, 6) is -0.521. The lowest BCUT2D eigenvalue weighted by molar-refractivity contribution is -0.125. The molecule has 3 rings (SSSR count). The van der Waals surface area contributed by atoms with E-state index in [0.29, 0.717) is 12.0 Å². The molecular formula is C23H28N2O5S. The van der Waals surface area contributed by atoms with E-state index in [0.717, 1.165) is 5.56 Å². The summed E-state index contributed by atoms with van der Waals surface area (Å²) in [5.41, 5.74) is 1.43. The van der Waals surface area contributed by atoms with Gasteiger partial charge in [0.1, 0.15) is 12.6 Å². The first-order valence-electron chi connectivity index (χ1n) is 10.4. The number of nitrogens with one attached hydrogen (secondary N) is 2. The molecule has 0 saturated heterocycles. The van der Waals surface area contributed by atoms with Crippen LogP contribution in [0.5, 0.6) is 0 Å². The van der Waals surface area contributed by atoms with Gasteiger partial charge in [-0.2, -0.15) is 0 Å². The molecule has 2 amide bonds. The highest BCUT2D eigenvalue weighted by molar-refractivity contribution is 7.91. The maximum absolute atomic E-state index is 13.1. The van der Waals surface area contributed by atoms with Crippen LogP contribution >= 0.6 is 0 Å². The highest BCUT2D eigenvalue weighted by Crippen LogP contribution is 2.32. The fourth-order valence-corrected chi connectivity index (χ4v) is 5.22. The molecular weight excluding hydrogens is 416 g/mol. The topological polar surface area (TPSA) is 102 Å². The zero-order valence-corrected chi connectivity index (χ0v) is 18.5. The zero-order chi connectivity index (χ0) is 22.4. The number of amides is 2. The van der Waals surface area contributed by atoms with Crippen LogP contribution in [0.15, 0.2) is 59.5 Å². The van der Waals surface area contributed by atoms with Crippen molar-refractivity contribution >= 4 is 21.8 Å². The van der Waals surface area contributed by atoms with Gasteiger partial charge < -0.3 is 15.4 Å². The van der Waals surface area contributed by atoms with Crippen LogP contribution in [-0.4, -0.2) is 32.2 Å². The van der Waals surface area contributed by atoms with Crippen LogP contribution in [-0.2, 0) is 26.0 Å². The number of ether oxygens (including phenoxy) is 1. The van der Waals surface area contributed by atoms with E-state index in [1.807, 2.05) is 44.2 Å². The molecule has 31 heavy (non-hydrogen) atoms. The van der Waals surface area contributed by atoms with Crippen molar-refractivity contribution < 1.29 is 22.7 Å². The van der Waals surface area contributed by atoms with E-state index in [2.05, 4.69) is 10.6 Å². The molecule has 3 atom stereocenters. The van der Waals surface area contributed by atoms with Crippen LogP contribution in [0.2, 0.25) is 0 Å². The molecule has 1 unspecified atom stereocenters. The number of sulfone groups is 1. The second kappa shape index (κ2) is 9.96. The van der Waals surface area contributed by atoms with Crippen LogP contribution in [0.3, 0.4) is 0 Å². The van der Waals surface area contributed by atoms with E-state index in [4.69, 9.17) is 4.74 Å². The van der Waals surface area contributed by atoms with E-state index in [1.165, 1.54) is 0 Å². The Labute approximate surface area is 183 Å². The molecule has 1 heterocycles. The SMILES string of the molecule is CC[C@H](C)[C@H](NC(=O)OCc1ccccc1)C(=O)NC1CCS(=O)(=O)c2ccccc21. The lowest BCUT2D eigenvalue weighted by atomic mass is 9.97. The largest absolute Gasteiger partial charge is 0.445 e. The highest BCUT2D eigenvalue weighted by atomic mass is 32.2. The summed E-state index contributed by atoms with van der Waals surface area (Å²) in [4.78, 5) is 25.6. The van der Waals surface area contributed by atoms with Gasteiger partial charge in [-0.15, -0.1) is 0 Å². The Bertz CT molecular complexity index is 1020. The predicted molar refractivity (Wildman–Crippen MR) is 117 cm³/mol. The second-order valence-corrected chi connectivity index (χ2v) is 9.85. The van der Waals surface area contributed by atoms with E-state index in [-0.39, 0.29) is 35.5 Å². The standard InChI is InChI=1S/C23H28N2O5S/c1-3-16(2)21(25-23(27)30-15-17-9-5-4-6-10-17)22(26)24-19-13-14-31(28,29)20-12-8-7-11-18(19)20/h4-12,16,19,21H,3,13-15H2,1-2H3,(H,24,26)(H,25,27)/t16-,19?,21-/m0/s1. The number of carbonyl (C=O) groups is 2. The fourth-order valence-electron chi connectivity index (χ4n) is 3.60. The van der Waals surface area contributed by atoms with Gasteiger partial charge in [-0.1, -0.05) is 68.8 Å². The summed E-state index contributed by atoms with van der Waals surface area (Å²) in [5, 5.41) is 5.61. The summed E-state index contributed by atoms with van der Waals surface area (Å²) >= 11 is 0. The number of rotatable bonds is 7. The molecule has 8 heteroatoms. The summed E-state index contributed by atoms with van der Waals surface area (Å²) in [6, 6.07) is 14.8. The van der Waals surface area contributed by atoms with Crippen LogP contribution in [0.1, 0.15) is 43.9 Å². The Kier molecular flexibility index (Phi) is 7.33. The molecule has 0 fully saturated rings. The summed E-state index contributed by atoms with van der Waals surface area (Å²) in [7, 11) is -3.35. The summed E-state index contributed by atoms with van der Waals surface area (Å²) in [6.45, 7) is 3.92. The van der Waals surface area contributed by atoms with Gasteiger partial charge in [0, 0.05) is 0 Å². The van der Waals surface area contributed by atoms with E-state index < -0.39 is 28.0 Å². The van der Waals surface area contributed by atoms with Gasteiger partial charge in [-0.3, -0.25) is 4.79 Å². The molecule has 2 N–H and O–H groups in total. The van der Waals surface area contributed by atoms with Crippen molar-refractivity contribution in [2.45, 2.75) is 50.3 Å². The van der Waals surface area contributed by atoms with E-state index >= 15 is 0 Å². The average Bonchev–Trinajstić information content (AvgIpc) is 2.78. The van der Waals surface area contributed by atoms with Gasteiger partial charge in [0.05, 0.1) is 16.7 Å². The maximum atomic E-state index is 13.1. The number of benzene rings is 2. The van der Waals surface area contributed by atoms with Crippen molar-refractivity contribution in [3.63, 3.8) is 0 Å². The molecule has 1 aliphatic heterocycles. The number of fused-ring (bicyclic) bond motifs is 1. The molecule has 0 spiro atoms. The Balaban J connectivity index is 1.68. The third-order valence-corrected chi connectivity index (χ3v) is 7.42. The molecule has 0 aliphatic carbocycles. The third kappa shape index (κ3) is 5.64. The van der Waals surface area contributed by atoms with Crippen LogP contribution in [0.25, 0.3) is 0 Å². The van der Waals surface area contributed by atoms with Gasteiger partial charge >= 0.3 is 6.09 Å². The van der Waals surface area contributed by atoms with Gasteiger partial charge in [0.2, 0.25) is 5.91 Å². The molecule has 7 nitrogen and oxygen atoms in total. The van der Waals surface area contributed by atoms with Gasteiger partial charge in [0.15, 0.2) is 9.84 Å². The van der Waals surface area contributed by atoms with Crippen molar-refractivity contribution in [2.75, 3.05) is 5.75 Å². The average molecular weight is 445 g/mol. The lowest BCUT2D eigenvalue weighted by Crippen LogP contribution is -2.51. The van der Waals surface area contributed by atoms with Crippen molar-refractivity contribution in [3.05, 3.63) is 65.7 Å². The number of carbonyl (C=O) groups excluding carboxylic acids is 2. The Morgan fingerprint density at radius 3 is 2.48 bits per heavy atom. The van der Waals surface area contributed by atoms with Gasteiger partial charge in [-0.25, -0.2) is 13.2 Å². The number of hydrogen-bond donors (Lipinski definition) is 2. The predicted octanol–water partition coefficient (Wildman–Crippen LogP) is 3.36. The second-order valence-electron chi connectivity index (χ2n) is 7.78. The van der Waals surface area contributed by atoms with Gasteiger partial charge in [0.25, 0.3) is 0 Å². The first-order chi connectivity index (χ1) is 14.8. The smallest absolute Gasteiger partial charge is 0.408 e. The molecule has 166 valence electrons. The monoisotopic (exact) mass is 444 g/mol. The van der Waals surface area contributed by atoms with Crippen LogP contribution in [0.4, 0.5) is 4.79 Å². The normalized spacial score (nSPS) is 18.8. The zero-order valence-electron chi connectivity index (χ0n) is 17.7. The highest BCUT2D eigenvalue weighted by Gasteiger charge is 2.34. The van der Waals surface area contributed by atoms with Crippen LogP contribution < -0.4 is 10.6 Å². The van der Waals surface area contributed by atoms with Crippen molar-refractivity contribution in [3.8, 4) is 0 Å². The van der Waals surface area contributed by atoms with Crippen molar-refractivity contribution in [1.82, 2.24) is 10.6 Å². The lowest BCUT2D eigenvalue weighted by Gasteiger charge is -2.29. The summed E-state index contributed by atoms with van der Waals surface area (Å²) < 4.78 is 29.9. The van der Waals surface area contributed by atoms with Crippen LogP contribution in [0, 0.1) is 5.92 Å². The Hall–Kier alpha value is -2.87. The minimum Gasteiger partial charge on any atom is -0.445 e.